The monoisotopic (exact) mass is 448 g/mol. The van der Waals surface area contributed by atoms with Gasteiger partial charge in [0.2, 0.25) is 0 Å². The third-order valence-corrected chi connectivity index (χ3v) is 6.27. The number of benzene rings is 1. The Hall–Kier alpha value is -2.10. The molecule has 6 nitrogen and oxygen atoms in total. The average molecular weight is 449 g/mol. The van der Waals surface area contributed by atoms with Crippen LogP contribution in [0.2, 0.25) is 0 Å². The fraction of sp³-hybridized carbons (Fsp3) is 0.300. The summed E-state index contributed by atoms with van der Waals surface area (Å²) in [4.78, 5) is 30.8. The Morgan fingerprint density at radius 3 is 2.90 bits per heavy atom. The molecule has 1 unspecified atom stereocenters. The number of fused-ring (bicyclic) bond motifs is 1. The Kier molecular flexibility index (Phi) is 7.15. The van der Waals surface area contributed by atoms with E-state index >= 15 is 0 Å². The van der Waals surface area contributed by atoms with Crippen LogP contribution in [0.3, 0.4) is 0 Å². The van der Waals surface area contributed by atoms with Crippen molar-refractivity contribution in [2.45, 2.75) is 19.4 Å². The van der Waals surface area contributed by atoms with Gasteiger partial charge in [-0.15, -0.1) is 0 Å². The first kappa shape index (κ1) is 21.6. The lowest BCUT2D eigenvalue weighted by Gasteiger charge is -2.22. The van der Waals surface area contributed by atoms with E-state index in [2.05, 4.69) is 4.98 Å². The predicted molar refractivity (Wildman–Crippen MR) is 122 cm³/mol. The number of hydrogen-bond acceptors (Lipinski definition) is 7. The number of thiocarbonyl (C=S) groups is 1. The molecule has 0 radical (unpaired) electrons. The molecule has 2 heterocycles. The summed E-state index contributed by atoms with van der Waals surface area (Å²) in [6.07, 6.45) is 3.88. The minimum absolute atomic E-state index is 0.255. The SMILES string of the molecule is CCOc1cccc2ccc(/C=C3\SC(=S)N(C(CCSC)C(=O)O)C3=O)nc12. The van der Waals surface area contributed by atoms with E-state index in [1.54, 1.807) is 6.08 Å². The topological polar surface area (TPSA) is 79.7 Å². The summed E-state index contributed by atoms with van der Waals surface area (Å²) in [6.45, 7) is 2.43. The highest BCUT2D eigenvalue weighted by Gasteiger charge is 2.40. The van der Waals surface area contributed by atoms with Crippen molar-refractivity contribution in [3.05, 3.63) is 40.9 Å². The van der Waals surface area contributed by atoms with Crippen LogP contribution >= 0.6 is 35.7 Å². The number of ether oxygens (including phenoxy) is 1. The van der Waals surface area contributed by atoms with Gasteiger partial charge < -0.3 is 9.84 Å². The van der Waals surface area contributed by atoms with Gasteiger partial charge in [0.15, 0.2) is 0 Å². The Balaban J connectivity index is 1.92. The molecule has 1 saturated heterocycles. The normalized spacial score (nSPS) is 16.6. The quantitative estimate of drug-likeness (QED) is 0.479. The zero-order chi connectivity index (χ0) is 21.0. The van der Waals surface area contributed by atoms with Gasteiger partial charge >= 0.3 is 5.97 Å². The molecule has 0 saturated carbocycles. The van der Waals surface area contributed by atoms with Crippen LogP contribution in [0, 0.1) is 0 Å². The number of nitrogens with zero attached hydrogens (tertiary/aromatic N) is 2. The van der Waals surface area contributed by atoms with Gasteiger partial charge in [-0.1, -0.05) is 42.2 Å². The molecule has 1 atom stereocenters. The maximum Gasteiger partial charge on any atom is 0.326 e. The number of pyridine rings is 1. The fourth-order valence-electron chi connectivity index (χ4n) is 2.96. The van der Waals surface area contributed by atoms with E-state index in [4.69, 9.17) is 17.0 Å². The van der Waals surface area contributed by atoms with Crippen molar-refractivity contribution in [1.82, 2.24) is 9.88 Å². The van der Waals surface area contributed by atoms with E-state index in [1.165, 1.54) is 16.7 Å². The summed E-state index contributed by atoms with van der Waals surface area (Å²) in [5.41, 5.74) is 1.29. The number of aliphatic carboxylic acids is 1. The second kappa shape index (κ2) is 9.60. The lowest BCUT2D eigenvalue weighted by Crippen LogP contribution is -2.44. The third-order valence-electron chi connectivity index (χ3n) is 4.30. The van der Waals surface area contributed by atoms with Crippen LogP contribution in [0.1, 0.15) is 19.0 Å². The molecule has 0 spiro atoms. The molecular formula is C20H20N2O4S3. The molecule has 1 aromatic heterocycles. The largest absolute Gasteiger partial charge is 0.492 e. The minimum Gasteiger partial charge on any atom is -0.492 e. The molecule has 1 fully saturated rings. The van der Waals surface area contributed by atoms with Crippen molar-refractivity contribution in [3.63, 3.8) is 0 Å². The lowest BCUT2D eigenvalue weighted by atomic mass is 10.1. The molecule has 1 aliphatic rings. The second-order valence-corrected chi connectivity index (χ2v) is 8.85. The smallest absolute Gasteiger partial charge is 0.326 e. The Morgan fingerprint density at radius 2 is 2.21 bits per heavy atom. The first-order valence-electron chi connectivity index (χ1n) is 8.97. The molecule has 9 heteroatoms. The van der Waals surface area contributed by atoms with E-state index in [9.17, 15) is 14.7 Å². The van der Waals surface area contributed by atoms with Crippen molar-refractivity contribution >= 4 is 68.9 Å². The standard InChI is InChI=1S/C20H20N2O4S3/c1-3-26-15-6-4-5-12-7-8-13(21-17(12)15)11-16-18(23)22(20(27)29-16)14(19(24)25)9-10-28-2/h4-8,11,14H,3,9-10H2,1-2H3,(H,24,25)/b16-11-. The lowest BCUT2D eigenvalue weighted by molar-refractivity contribution is -0.145. The van der Waals surface area contributed by atoms with E-state index in [-0.39, 0.29) is 4.32 Å². The average Bonchev–Trinajstić information content (AvgIpc) is 2.96. The van der Waals surface area contributed by atoms with Crippen molar-refractivity contribution in [1.29, 1.82) is 0 Å². The van der Waals surface area contributed by atoms with E-state index < -0.39 is 17.9 Å². The number of rotatable bonds is 8. The molecule has 1 amide bonds. The molecule has 0 bridgehead atoms. The van der Waals surface area contributed by atoms with E-state index in [0.717, 1.165) is 17.1 Å². The third kappa shape index (κ3) is 4.73. The number of carbonyl (C=O) groups excluding carboxylic acids is 1. The van der Waals surface area contributed by atoms with Gasteiger partial charge in [-0.05, 0) is 43.6 Å². The second-order valence-electron chi connectivity index (χ2n) is 6.18. The zero-order valence-corrected chi connectivity index (χ0v) is 18.4. The molecule has 1 aromatic carbocycles. The fourth-order valence-corrected chi connectivity index (χ4v) is 4.76. The molecular weight excluding hydrogens is 428 g/mol. The number of carbonyl (C=O) groups is 2. The molecule has 0 aliphatic carbocycles. The first-order valence-corrected chi connectivity index (χ1v) is 11.6. The molecule has 2 aromatic rings. The van der Waals surface area contributed by atoms with Crippen molar-refractivity contribution in [2.24, 2.45) is 0 Å². The number of hydrogen-bond donors (Lipinski definition) is 1. The van der Waals surface area contributed by atoms with Gasteiger partial charge in [0.25, 0.3) is 5.91 Å². The summed E-state index contributed by atoms with van der Waals surface area (Å²) in [5, 5.41) is 10.5. The summed E-state index contributed by atoms with van der Waals surface area (Å²) in [6, 6.07) is 8.46. The van der Waals surface area contributed by atoms with E-state index in [0.29, 0.717) is 40.6 Å². The number of thioether (sulfide) groups is 2. The van der Waals surface area contributed by atoms with Gasteiger partial charge in [0.05, 0.1) is 17.2 Å². The van der Waals surface area contributed by atoms with Gasteiger partial charge in [0.1, 0.15) is 21.6 Å². The van der Waals surface area contributed by atoms with Gasteiger partial charge in [-0.25, -0.2) is 9.78 Å². The first-order chi connectivity index (χ1) is 14.0. The molecule has 3 rings (SSSR count). The van der Waals surface area contributed by atoms with Gasteiger partial charge in [-0.2, -0.15) is 11.8 Å². The Bertz CT molecular complexity index is 993. The molecule has 1 aliphatic heterocycles. The number of carboxylic acids is 1. The highest BCUT2D eigenvalue weighted by atomic mass is 32.2. The van der Waals surface area contributed by atoms with Crippen LogP contribution in [0.5, 0.6) is 5.75 Å². The van der Waals surface area contributed by atoms with Crippen LogP contribution in [-0.2, 0) is 9.59 Å². The Morgan fingerprint density at radius 1 is 1.41 bits per heavy atom. The summed E-state index contributed by atoms with van der Waals surface area (Å²) in [5.74, 6) is -0.148. The maximum atomic E-state index is 12.9. The number of para-hydroxylation sites is 1. The molecule has 1 N–H and O–H groups in total. The van der Waals surface area contributed by atoms with Crippen LogP contribution in [0.15, 0.2) is 35.2 Å². The van der Waals surface area contributed by atoms with Crippen LogP contribution in [0.25, 0.3) is 17.0 Å². The predicted octanol–water partition coefficient (Wildman–Crippen LogP) is 4.04. The number of aromatic nitrogens is 1. The number of carboxylic acid groups (broad SMARTS) is 1. The minimum atomic E-state index is -1.05. The van der Waals surface area contributed by atoms with E-state index in [1.807, 2.05) is 43.5 Å². The highest BCUT2D eigenvalue weighted by molar-refractivity contribution is 8.26. The van der Waals surface area contributed by atoms with Crippen LogP contribution in [0.4, 0.5) is 0 Å². The van der Waals surface area contributed by atoms with Crippen molar-refractivity contribution < 1.29 is 19.4 Å². The van der Waals surface area contributed by atoms with Crippen molar-refractivity contribution in [3.8, 4) is 5.75 Å². The van der Waals surface area contributed by atoms with Crippen molar-refractivity contribution in [2.75, 3.05) is 18.6 Å². The van der Waals surface area contributed by atoms with Crippen LogP contribution in [-0.4, -0.2) is 55.8 Å². The van der Waals surface area contributed by atoms with Crippen LogP contribution < -0.4 is 4.74 Å². The number of amides is 1. The summed E-state index contributed by atoms with van der Waals surface area (Å²) in [7, 11) is 0. The zero-order valence-electron chi connectivity index (χ0n) is 16.0. The molecule has 152 valence electrons. The molecule has 29 heavy (non-hydrogen) atoms. The highest BCUT2D eigenvalue weighted by Crippen LogP contribution is 2.35. The summed E-state index contributed by atoms with van der Waals surface area (Å²) >= 11 is 7.94. The Labute approximate surface area is 182 Å². The maximum absolute atomic E-state index is 12.9. The van der Waals surface area contributed by atoms with Gasteiger partial charge in [-0.3, -0.25) is 9.69 Å². The van der Waals surface area contributed by atoms with Gasteiger partial charge in [0, 0.05) is 5.39 Å². The summed E-state index contributed by atoms with van der Waals surface area (Å²) < 4.78 is 5.90.